The van der Waals surface area contributed by atoms with Gasteiger partial charge in [0.1, 0.15) is 11.4 Å². The average molecular weight is 360 g/mol. The Balaban J connectivity index is 1.98. The lowest BCUT2D eigenvalue weighted by Crippen LogP contribution is -2.21. The van der Waals surface area contributed by atoms with Crippen molar-refractivity contribution in [2.45, 2.75) is 6.61 Å². The third kappa shape index (κ3) is 4.77. The molecule has 0 aliphatic rings. The first-order valence-corrected chi connectivity index (χ1v) is 7.43. The molecule has 0 heterocycles. The zero-order valence-electron chi connectivity index (χ0n) is 13.8. The number of anilines is 1. The second kappa shape index (κ2) is 8.58. The van der Waals surface area contributed by atoms with Crippen LogP contribution in [-0.4, -0.2) is 35.6 Å². The van der Waals surface area contributed by atoms with E-state index in [1.807, 2.05) is 0 Å². The van der Waals surface area contributed by atoms with Gasteiger partial charge >= 0.3 is 5.97 Å². The van der Waals surface area contributed by atoms with E-state index in [-0.39, 0.29) is 29.3 Å². The van der Waals surface area contributed by atoms with E-state index in [4.69, 9.17) is 14.6 Å². The van der Waals surface area contributed by atoms with E-state index in [1.165, 1.54) is 37.4 Å². The molecule has 0 aromatic heterocycles. The van der Waals surface area contributed by atoms with E-state index in [9.17, 15) is 19.7 Å². The molecule has 0 radical (unpaired) electrons. The summed E-state index contributed by atoms with van der Waals surface area (Å²) < 4.78 is 9.78. The summed E-state index contributed by atoms with van der Waals surface area (Å²) >= 11 is 0. The molecule has 0 atom stereocenters. The number of methoxy groups -OCH3 is 1. The van der Waals surface area contributed by atoms with Gasteiger partial charge in [-0.25, -0.2) is 4.79 Å². The summed E-state index contributed by atoms with van der Waals surface area (Å²) in [6.45, 7) is -0.762. The predicted molar refractivity (Wildman–Crippen MR) is 90.9 cm³/mol. The van der Waals surface area contributed by atoms with Crippen molar-refractivity contribution in [3.8, 4) is 5.75 Å². The van der Waals surface area contributed by atoms with E-state index >= 15 is 0 Å². The van der Waals surface area contributed by atoms with E-state index < -0.39 is 23.4 Å². The molecule has 2 N–H and O–H groups in total. The Bertz CT molecular complexity index is 818. The number of benzene rings is 2. The molecule has 0 aliphatic carbocycles. The van der Waals surface area contributed by atoms with E-state index in [2.05, 4.69) is 5.32 Å². The van der Waals surface area contributed by atoms with Crippen LogP contribution in [0, 0.1) is 10.1 Å². The summed E-state index contributed by atoms with van der Waals surface area (Å²) in [6.07, 6.45) is 0. The lowest BCUT2D eigenvalue weighted by molar-refractivity contribution is -0.384. The number of nitrogens with zero attached hydrogens (tertiary/aromatic N) is 1. The van der Waals surface area contributed by atoms with Gasteiger partial charge in [-0.2, -0.15) is 0 Å². The number of carbonyl (C=O) groups excluding carboxylic acids is 2. The van der Waals surface area contributed by atoms with Crippen molar-refractivity contribution in [1.29, 1.82) is 0 Å². The van der Waals surface area contributed by atoms with Crippen molar-refractivity contribution in [2.75, 3.05) is 19.0 Å². The van der Waals surface area contributed by atoms with Crippen molar-refractivity contribution in [3.63, 3.8) is 0 Å². The smallest absolute Gasteiger partial charge is 0.338 e. The van der Waals surface area contributed by atoms with Gasteiger partial charge < -0.3 is 19.9 Å². The van der Waals surface area contributed by atoms with Gasteiger partial charge in [-0.3, -0.25) is 14.9 Å². The second-order valence-electron chi connectivity index (χ2n) is 5.12. The van der Waals surface area contributed by atoms with Crippen molar-refractivity contribution in [1.82, 2.24) is 0 Å². The van der Waals surface area contributed by atoms with Crippen molar-refractivity contribution < 1.29 is 29.1 Å². The maximum Gasteiger partial charge on any atom is 0.338 e. The number of hydrogen-bond donors (Lipinski definition) is 2. The Hall–Kier alpha value is -3.46. The highest BCUT2D eigenvalue weighted by molar-refractivity contribution is 5.96. The molecule has 0 bridgehead atoms. The highest BCUT2D eigenvalue weighted by Gasteiger charge is 2.18. The van der Waals surface area contributed by atoms with Crippen LogP contribution in [0.5, 0.6) is 5.75 Å². The number of nitro benzene ring substituents is 1. The summed E-state index contributed by atoms with van der Waals surface area (Å²) in [7, 11) is 1.36. The molecule has 26 heavy (non-hydrogen) atoms. The van der Waals surface area contributed by atoms with Gasteiger partial charge in [0, 0.05) is 0 Å². The number of nitro groups is 1. The first-order chi connectivity index (χ1) is 12.4. The van der Waals surface area contributed by atoms with Crippen molar-refractivity contribution >= 4 is 23.3 Å². The Kier molecular flexibility index (Phi) is 6.23. The molecule has 9 heteroatoms. The fraction of sp³-hybridized carbons (Fsp3) is 0.176. The predicted octanol–water partition coefficient (Wildman–Crippen LogP) is 1.89. The Morgan fingerprint density at radius 1 is 1.19 bits per heavy atom. The maximum absolute atomic E-state index is 11.9. The number of hydrogen-bond acceptors (Lipinski definition) is 7. The number of rotatable bonds is 7. The quantitative estimate of drug-likeness (QED) is 0.438. The molecule has 0 aliphatic heterocycles. The highest BCUT2D eigenvalue weighted by atomic mass is 16.6. The third-order valence-electron chi connectivity index (χ3n) is 3.38. The molecule has 1 amide bonds. The molecule has 136 valence electrons. The topological polar surface area (TPSA) is 128 Å². The third-order valence-corrected chi connectivity index (χ3v) is 3.38. The summed E-state index contributed by atoms with van der Waals surface area (Å²) in [4.78, 5) is 34.2. The molecule has 0 spiro atoms. The number of aliphatic hydroxyl groups excluding tert-OH is 1. The fourth-order valence-corrected chi connectivity index (χ4v) is 2.04. The number of amides is 1. The lowest BCUT2D eigenvalue weighted by atomic mass is 10.1. The van der Waals surface area contributed by atoms with Crippen LogP contribution < -0.4 is 10.1 Å². The Labute approximate surface area is 148 Å². The number of ether oxygens (including phenoxy) is 2. The number of esters is 1. The second-order valence-corrected chi connectivity index (χ2v) is 5.12. The molecule has 9 nitrogen and oxygen atoms in total. The minimum Gasteiger partial charge on any atom is -0.496 e. The van der Waals surface area contributed by atoms with Gasteiger partial charge in [0.2, 0.25) is 0 Å². The van der Waals surface area contributed by atoms with Gasteiger partial charge in [-0.05, 0) is 29.8 Å². The summed E-state index contributed by atoms with van der Waals surface area (Å²) in [5, 5.41) is 22.3. The van der Waals surface area contributed by atoms with Gasteiger partial charge in [-0.1, -0.05) is 12.1 Å². The average Bonchev–Trinajstić information content (AvgIpc) is 2.66. The van der Waals surface area contributed by atoms with Crippen LogP contribution in [0.2, 0.25) is 0 Å². The molecule has 0 saturated heterocycles. The largest absolute Gasteiger partial charge is 0.496 e. The minimum absolute atomic E-state index is 0.0378. The first kappa shape index (κ1) is 18.9. The molecule has 0 saturated carbocycles. The van der Waals surface area contributed by atoms with Crippen LogP contribution in [-0.2, 0) is 16.1 Å². The maximum atomic E-state index is 11.9. The molecule has 2 aromatic rings. The van der Waals surface area contributed by atoms with Gasteiger partial charge in [0.05, 0.1) is 30.3 Å². The van der Waals surface area contributed by atoms with Crippen LogP contribution in [0.3, 0.4) is 0 Å². The highest BCUT2D eigenvalue weighted by Crippen LogP contribution is 2.28. The summed E-state index contributed by atoms with van der Waals surface area (Å²) in [6, 6.07) is 9.97. The molecule has 0 fully saturated rings. The van der Waals surface area contributed by atoms with Crippen LogP contribution >= 0.6 is 0 Å². The van der Waals surface area contributed by atoms with Crippen molar-refractivity contribution in [3.05, 3.63) is 63.7 Å². The standard InChI is InChI=1S/C17H16N2O7/c1-25-13-6-7-14(15(8-13)19(23)24)18-16(21)10-26-17(22)12-4-2-11(9-20)3-5-12/h2-8,20H,9-10H2,1H3,(H,18,21). The number of carbonyl (C=O) groups is 2. The van der Waals surface area contributed by atoms with Crippen LogP contribution in [0.4, 0.5) is 11.4 Å². The Morgan fingerprint density at radius 2 is 1.88 bits per heavy atom. The van der Waals surface area contributed by atoms with Crippen molar-refractivity contribution in [2.24, 2.45) is 0 Å². The van der Waals surface area contributed by atoms with E-state index in [1.54, 1.807) is 12.1 Å². The molecule has 0 unspecified atom stereocenters. The monoisotopic (exact) mass is 360 g/mol. The van der Waals surface area contributed by atoms with E-state index in [0.717, 1.165) is 0 Å². The van der Waals surface area contributed by atoms with Gasteiger partial charge in [0.25, 0.3) is 11.6 Å². The normalized spacial score (nSPS) is 10.1. The fourth-order valence-electron chi connectivity index (χ4n) is 2.04. The summed E-state index contributed by atoms with van der Waals surface area (Å²) in [5.41, 5.74) is 0.462. The van der Waals surface area contributed by atoms with Gasteiger partial charge in [-0.15, -0.1) is 0 Å². The molecule has 2 aromatic carbocycles. The summed E-state index contributed by atoms with van der Waals surface area (Å²) in [5.74, 6) is -1.18. The van der Waals surface area contributed by atoms with Gasteiger partial charge in [0.15, 0.2) is 6.61 Å². The first-order valence-electron chi connectivity index (χ1n) is 7.43. The zero-order chi connectivity index (χ0) is 19.1. The zero-order valence-corrected chi connectivity index (χ0v) is 13.8. The Morgan fingerprint density at radius 3 is 2.46 bits per heavy atom. The van der Waals surface area contributed by atoms with Crippen LogP contribution in [0.15, 0.2) is 42.5 Å². The lowest BCUT2D eigenvalue weighted by Gasteiger charge is -2.08. The number of aliphatic hydroxyl groups is 1. The number of nitrogens with one attached hydrogen (secondary N) is 1. The molecule has 2 rings (SSSR count). The van der Waals surface area contributed by atoms with E-state index in [0.29, 0.717) is 5.56 Å². The minimum atomic E-state index is -0.728. The molecular weight excluding hydrogens is 344 g/mol. The molecular formula is C17H16N2O7. The van der Waals surface area contributed by atoms with Crippen LogP contribution in [0.25, 0.3) is 0 Å². The SMILES string of the molecule is COc1ccc(NC(=O)COC(=O)c2ccc(CO)cc2)c([N+](=O)[O-])c1. The van der Waals surface area contributed by atoms with Crippen LogP contribution in [0.1, 0.15) is 15.9 Å².